The second-order valence-electron chi connectivity index (χ2n) is 37.4. The molecule has 36 heteroatoms. The summed E-state index contributed by atoms with van der Waals surface area (Å²) in [4.78, 5) is 150. The number of aryl methyl sites for hydroxylation is 4. The van der Waals surface area contributed by atoms with Gasteiger partial charge in [-0.1, -0.05) is 48.5 Å². The second-order valence-corrected chi connectivity index (χ2v) is 37.4. The number of methoxy groups -OCH3 is 4. The van der Waals surface area contributed by atoms with Crippen molar-refractivity contribution in [1.82, 2.24) is 39.5 Å². The smallest absolute Gasteiger partial charge is 0.411 e. The SMILES string of the molecule is COC(=O)[C@@H]1C[C@@]2(CC(=O)c3c(c(C)nc4c(F)cccc34)O2)CN1C(=O)OC(C)(C)C.COC(=O)[C@@H]1C[C@@]2(CC(O)c3c(c(C)nc4c(F)cccc34)O2)CN1C(=O)OC(C)(C)C.COC(=O)[C@@H]1C[C@]2(CC(=O)c3c(c(C)nc4c(F)cccc34)O2)CN1C(=O)OC(C)(C)C.COC(=O)[C@@H]1C[C@]2(CC(O)c3c(c(C)nc4c(F)cccc34)O2)CN1C(=O)OC(C)(C)C. The first kappa shape index (κ1) is 93.3. The fourth-order valence-electron chi connectivity index (χ4n) is 18.0. The van der Waals surface area contributed by atoms with Gasteiger partial charge in [-0.05, 0) is 135 Å². The Kier molecular flexibility index (Phi) is 25.0. The summed E-state index contributed by atoms with van der Waals surface area (Å²) in [5.41, 5.74) is -3.90. The van der Waals surface area contributed by atoms with Crippen LogP contribution in [-0.4, -0.2) is 233 Å². The van der Waals surface area contributed by atoms with E-state index in [1.165, 1.54) is 84.4 Å². The zero-order valence-electron chi connectivity index (χ0n) is 74.8. The number of Topliss-reactive ketones (excluding diaryl/α,β-unsaturated/α-hetero) is 2. The molecule has 684 valence electrons. The number of aliphatic hydroxyl groups is 2. The molecule has 128 heavy (non-hydrogen) atoms. The zero-order valence-corrected chi connectivity index (χ0v) is 74.8. The molecule has 8 aliphatic rings. The second kappa shape index (κ2) is 34.3. The normalized spacial score (nSPS) is 23.8. The van der Waals surface area contributed by atoms with Gasteiger partial charge in [-0.25, -0.2) is 75.9 Å². The number of pyridine rings is 4. The number of likely N-dealkylation sites (tertiary alicyclic amines) is 4. The number of rotatable bonds is 4. The quantitative estimate of drug-likeness (QED) is 0.0938. The van der Waals surface area contributed by atoms with E-state index in [0.717, 1.165) is 0 Å². The van der Waals surface area contributed by atoms with Crippen molar-refractivity contribution in [3.05, 3.63) is 141 Å². The molecule has 0 bridgehead atoms. The van der Waals surface area contributed by atoms with Crippen LogP contribution in [0.5, 0.6) is 23.0 Å². The van der Waals surface area contributed by atoms with Gasteiger partial charge < -0.3 is 67.1 Å². The topological polar surface area (TPSA) is 386 Å². The van der Waals surface area contributed by atoms with E-state index in [1.54, 1.807) is 147 Å². The molecule has 4 fully saturated rings. The molecule has 4 aromatic heterocycles. The van der Waals surface area contributed by atoms with Crippen molar-refractivity contribution in [2.75, 3.05) is 54.6 Å². The van der Waals surface area contributed by atoms with Crippen LogP contribution in [-0.2, 0) is 57.1 Å². The third-order valence-electron chi connectivity index (χ3n) is 23.0. The highest BCUT2D eigenvalue weighted by molar-refractivity contribution is 6.12. The van der Waals surface area contributed by atoms with E-state index in [2.05, 4.69) is 19.9 Å². The molecule has 16 rings (SSSR count). The highest BCUT2D eigenvalue weighted by atomic mass is 19.1. The number of hydrogen-bond acceptors (Lipinski definition) is 28. The van der Waals surface area contributed by atoms with Crippen LogP contribution in [0.3, 0.4) is 0 Å². The molecular weight excluding hydrogens is 1680 g/mol. The maximum absolute atomic E-state index is 14.3. The van der Waals surface area contributed by atoms with Crippen molar-refractivity contribution < 1.29 is 133 Å². The lowest BCUT2D eigenvalue weighted by molar-refractivity contribution is -0.146. The number of benzene rings is 4. The molecule has 12 heterocycles. The van der Waals surface area contributed by atoms with E-state index in [1.807, 2.05) is 0 Å². The monoisotopic (exact) mass is 1780 g/mol. The third kappa shape index (κ3) is 18.4. The zero-order chi connectivity index (χ0) is 93.7. The predicted molar refractivity (Wildman–Crippen MR) is 450 cm³/mol. The van der Waals surface area contributed by atoms with Gasteiger partial charge in [-0.2, -0.15) is 0 Å². The van der Waals surface area contributed by atoms with Gasteiger partial charge in [0, 0.05) is 71.2 Å². The summed E-state index contributed by atoms with van der Waals surface area (Å²) in [5, 5.41) is 23.9. The summed E-state index contributed by atoms with van der Waals surface area (Å²) in [7, 11) is 4.97. The number of carbonyl (C=O) groups is 10. The minimum Gasteiger partial charge on any atom is -0.483 e. The van der Waals surface area contributed by atoms with Crippen LogP contribution in [0.25, 0.3) is 43.6 Å². The maximum Gasteiger partial charge on any atom is 0.411 e. The first-order valence-corrected chi connectivity index (χ1v) is 41.6. The molecule has 8 aromatic rings. The van der Waals surface area contributed by atoms with Crippen LogP contribution in [0.4, 0.5) is 36.7 Å². The van der Waals surface area contributed by atoms with Crippen molar-refractivity contribution in [2.24, 2.45) is 0 Å². The third-order valence-corrected chi connectivity index (χ3v) is 23.0. The van der Waals surface area contributed by atoms with Gasteiger partial charge in [0.2, 0.25) is 0 Å². The summed E-state index contributed by atoms with van der Waals surface area (Å²) in [6, 6.07) is 14.2. The minimum atomic E-state index is -1.15. The summed E-state index contributed by atoms with van der Waals surface area (Å²) in [6.45, 7) is 27.4. The van der Waals surface area contributed by atoms with Gasteiger partial charge in [0.1, 0.15) is 126 Å². The molecule has 0 saturated carbocycles. The first-order chi connectivity index (χ1) is 59.8. The van der Waals surface area contributed by atoms with Crippen LogP contribution >= 0.6 is 0 Å². The number of para-hydroxylation sites is 4. The van der Waals surface area contributed by atoms with Crippen LogP contribution in [0.2, 0.25) is 0 Å². The lowest BCUT2D eigenvalue weighted by atomic mass is 9.85. The van der Waals surface area contributed by atoms with Crippen molar-refractivity contribution in [1.29, 1.82) is 0 Å². The lowest BCUT2D eigenvalue weighted by Gasteiger charge is -2.39. The molecule has 10 atom stereocenters. The number of esters is 4. The number of ether oxygens (including phenoxy) is 12. The number of nitrogens with zero attached hydrogens (tertiary/aromatic N) is 8. The van der Waals surface area contributed by atoms with E-state index in [0.29, 0.717) is 66.9 Å². The van der Waals surface area contributed by atoms with Crippen molar-refractivity contribution >= 4 is 103 Å². The van der Waals surface area contributed by atoms with E-state index in [4.69, 9.17) is 56.8 Å². The van der Waals surface area contributed by atoms with E-state index in [9.17, 15) is 75.7 Å². The molecule has 32 nitrogen and oxygen atoms in total. The van der Waals surface area contributed by atoms with Crippen LogP contribution < -0.4 is 18.9 Å². The number of halogens is 4. The van der Waals surface area contributed by atoms with Gasteiger partial charge in [0.15, 0.2) is 23.1 Å². The molecule has 4 amide bonds. The number of hydrogen-bond donors (Lipinski definition) is 2. The number of aromatic nitrogens is 4. The Morgan fingerprint density at radius 3 is 0.844 bits per heavy atom. The largest absolute Gasteiger partial charge is 0.483 e. The first-order valence-electron chi connectivity index (χ1n) is 41.6. The van der Waals surface area contributed by atoms with Gasteiger partial charge in [0.25, 0.3) is 0 Å². The molecule has 8 aliphatic heterocycles. The number of fused-ring (bicyclic) bond motifs is 12. The van der Waals surface area contributed by atoms with Gasteiger partial charge >= 0.3 is 48.3 Å². The molecule has 0 aliphatic carbocycles. The minimum absolute atomic E-state index is 0.0266. The fraction of sp³-hybridized carbons (Fsp3) is 0.500. The molecule has 4 saturated heterocycles. The van der Waals surface area contributed by atoms with Crippen molar-refractivity contribution in [3.8, 4) is 23.0 Å². The molecule has 2 unspecified atom stereocenters. The Morgan fingerprint density at radius 2 is 0.586 bits per heavy atom. The van der Waals surface area contributed by atoms with Gasteiger partial charge in [-0.3, -0.25) is 29.2 Å². The van der Waals surface area contributed by atoms with E-state index in [-0.39, 0.29) is 134 Å². The number of amides is 4. The summed E-state index contributed by atoms with van der Waals surface area (Å²) < 4.78 is 124. The standard InChI is InChI=1S/2C23H27FN2O6.2C23H25FN2O6/c4*1-12-19-17(13-7-6-8-14(24)18(13)25-12)16(27)10-23(31-19)9-15(20(28)30-5)26(11-23)21(29)32-22(2,3)4/h2*6-8,15-16,27H,9-11H2,1-5H3;2*6-8,15H,9-11H2,1-5H3/t15-,16?,23+;15-,16?,23-;15-,23+;15-,23-/m0000/s1. The number of carbonyl (C=O) groups excluding carboxylic acids is 10. The Hall–Kier alpha value is -12.3. The van der Waals surface area contributed by atoms with Crippen molar-refractivity contribution in [2.45, 2.75) is 243 Å². The van der Waals surface area contributed by atoms with E-state index < -0.39 is 153 Å². The van der Waals surface area contributed by atoms with Crippen LogP contribution in [0, 0.1) is 51.0 Å². The summed E-state index contributed by atoms with van der Waals surface area (Å²) >= 11 is 0. The highest BCUT2D eigenvalue weighted by Gasteiger charge is 2.61. The fourth-order valence-corrected chi connectivity index (χ4v) is 18.0. The molecule has 4 spiro atoms. The highest BCUT2D eigenvalue weighted by Crippen LogP contribution is 2.53. The molecule has 4 aromatic carbocycles. The number of aliphatic hydroxyl groups excluding tert-OH is 2. The van der Waals surface area contributed by atoms with Gasteiger partial charge in [-0.15, -0.1) is 0 Å². The Labute approximate surface area is 734 Å². The summed E-state index contributed by atoms with van der Waals surface area (Å²) in [6.07, 6.45) is -4.28. The summed E-state index contributed by atoms with van der Waals surface area (Å²) in [5.74, 6) is -3.78. The van der Waals surface area contributed by atoms with Crippen molar-refractivity contribution in [3.63, 3.8) is 0 Å². The predicted octanol–water partition coefficient (Wildman–Crippen LogP) is 14.0. The van der Waals surface area contributed by atoms with Crippen LogP contribution in [0.1, 0.15) is 201 Å². The number of ketones is 2. The van der Waals surface area contributed by atoms with Gasteiger partial charge in [0.05, 0.1) is 114 Å². The molecule has 0 radical (unpaired) electrons. The molecule has 2 N–H and O–H groups in total. The maximum atomic E-state index is 14.3. The van der Waals surface area contributed by atoms with E-state index >= 15 is 0 Å². The Balaban J connectivity index is 0.000000146. The molecular formula is C92H104F4N8O24. The average Bonchev–Trinajstić information content (AvgIpc) is 1.15. The average molecular weight is 1780 g/mol. The Morgan fingerprint density at radius 1 is 0.359 bits per heavy atom. The Bertz CT molecular complexity index is 5540. The van der Waals surface area contributed by atoms with Crippen LogP contribution in [0.15, 0.2) is 72.8 Å². The lowest BCUT2D eigenvalue weighted by Crippen LogP contribution is -2.47.